The maximum atomic E-state index is 13.6. The Morgan fingerprint density at radius 1 is 1.36 bits per heavy atom. The molecular weight excluding hydrogens is 308 g/mol. The van der Waals surface area contributed by atoms with E-state index in [-0.39, 0.29) is 5.91 Å². The van der Waals surface area contributed by atoms with Crippen LogP contribution in [0, 0.1) is 11.6 Å². The van der Waals surface area contributed by atoms with Crippen LogP contribution in [0.15, 0.2) is 24.4 Å². The van der Waals surface area contributed by atoms with Gasteiger partial charge in [0.2, 0.25) is 5.91 Å². The van der Waals surface area contributed by atoms with Gasteiger partial charge < -0.3 is 10.6 Å². The van der Waals surface area contributed by atoms with Crippen molar-refractivity contribution < 1.29 is 13.6 Å². The van der Waals surface area contributed by atoms with Gasteiger partial charge in [-0.2, -0.15) is 0 Å². The number of halogens is 2. The number of benzene rings is 1. The first kappa shape index (κ1) is 16.5. The number of carbonyl (C=O) groups excluding carboxylic acids is 1. The van der Waals surface area contributed by atoms with Crippen molar-refractivity contribution in [2.24, 2.45) is 0 Å². The van der Waals surface area contributed by atoms with E-state index >= 15 is 0 Å². The highest BCUT2D eigenvalue weighted by Gasteiger charge is 2.09. The third kappa shape index (κ3) is 4.85. The number of thiazole rings is 1. The SMILES string of the molecule is CNCCCC(=O)Nc1ncc(Cc2ccc(F)cc2F)s1. The Labute approximate surface area is 131 Å². The molecule has 2 N–H and O–H groups in total. The fraction of sp³-hybridized carbons (Fsp3) is 0.333. The third-order valence-corrected chi connectivity index (χ3v) is 3.92. The van der Waals surface area contributed by atoms with Gasteiger partial charge in [-0.1, -0.05) is 6.07 Å². The Kier molecular flexibility index (Phi) is 5.97. The molecule has 2 aromatic rings. The van der Waals surface area contributed by atoms with E-state index in [2.05, 4.69) is 15.6 Å². The summed E-state index contributed by atoms with van der Waals surface area (Å²) in [6, 6.07) is 3.51. The van der Waals surface area contributed by atoms with E-state index < -0.39 is 11.6 Å². The lowest BCUT2D eigenvalue weighted by Crippen LogP contribution is -2.15. The summed E-state index contributed by atoms with van der Waals surface area (Å²) in [5.74, 6) is -1.27. The lowest BCUT2D eigenvalue weighted by Gasteiger charge is -2.01. The highest BCUT2D eigenvalue weighted by atomic mass is 32.1. The first-order valence-corrected chi connectivity index (χ1v) is 7.73. The molecule has 2 rings (SSSR count). The predicted molar refractivity (Wildman–Crippen MR) is 83.1 cm³/mol. The second-order valence-electron chi connectivity index (χ2n) is 4.80. The average Bonchev–Trinajstić information content (AvgIpc) is 2.89. The van der Waals surface area contributed by atoms with E-state index in [9.17, 15) is 13.6 Å². The number of rotatable bonds is 7. The zero-order chi connectivity index (χ0) is 15.9. The first-order chi connectivity index (χ1) is 10.6. The molecule has 0 unspecified atom stereocenters. The molecule has 22 heavy (non-hydrogen) atoms. The van der Waals surface area contributed by atoms with E-state index in [0.717, 1.165) is 23.9 Å². The van der Waals surface area contributed by atoms with Crippen LogP contribution in [-0.4, -0.2) is 24.5 Å². The van der Waals surface area contributed by atoms with E-state index in [0.29, 0.717) is 23.5 Å². The maximum Gasteiger partial charge on any atom is 0.226 e. The van der Waals surface area contributed by atoms with Crippen molar-refractivity contribution in [2.45, 2.75) is 19.3 Å². The highest BCUT2D eigenvalue weighted by molar-refractivity contribution is 7.15. The number of aromatic nitrogens is 1. The molecule has 0 aliphatic heterocycles. The molecule has 0 fully saturated rings. The Balaban J connectivity index is 1.92. The van der Waals surface area contributed by atoms with Crippen molar-refractivity contribution in [1.29, 1.82) is 0 Å². The van der Waals surface area contributed by atoms with E-state index in [1.54, 1.807) is 6.20 Å². The molecular formula is C15H17F2N3OS. The molecule has 0 radical (unpaired) electrons. The van der Waals surface area contributed by atoms with Gasteiger partial charge in [0.15, 0.2) is 5.13 Å². The van der Waals surface area contributed by atoms with E-state index in [1.165, 1.54) is 23.5 Å². The van der Waals surface area contributed by atoms with Gasteiger partial charge in [-0.25, -0.2) is 13.8 Å². The lowest BCUT2D eigenvalue weighted by atomic mass is 10.1. The first-order valence-electron chi connectivity index (χ1n) is 6.91. The molecule has 0 saturated carbocycles. The summed E-state index contributed by atoms with van der Waals surface area (Å²) >= 11 is 1.29. The number of anilines is 1. The third-order valence-electron chi connectivity index (χ3n) is 3.01. The summed E-state index contributed by atoms with van der Waals surface area (Å²) in [4.78, 5) is 16.6. The molecule has 1 aromatic heterocycles. The summed E-state index contributed by atoms with van der Waals surface area (Å²) in [6.45, 7) is 0.778. The van der Waals surface area contributed by atoms with E-state index in [4.69, 9.17) is 0 Å². The molecule has 4 nitrogen and oxygen atoms in total. The maximum absolute atomic E-state index is 13.6. The molecule has 7 heteroatoms. The summed E-state index contributed by atoms with van der Waals surface area (Å²) in [7, 11) is 1.83. The summed E-state index contributed by atoms with van der Waals surface area (Å²) in [6.07, 6.45) is 3.08. The molecule has 1 heterocycles. The fourth-order valence-corrected chi connectivity index (χ4v) is 2.76. The molecule has 0 saturated heterocycles. The van der Waals surface area contributed by atoms with Gasteiger partial charge in [0.1, 0.15) is 11.6 Å². The summed E-state index contributed by atoms with van der Waals surface area (Å²) in [5.41, 5.74) is 0.400. The second kappa shape index (κ2) is 7.95. The van der Waals surface area contributed by atoms with Crippen LogP contribution in [0.25, 0.3) is 0 Å². The minimum absolute atomic E-state index is 0.0934. The minimum Gasteiger partial charge on any atom is -0.320 e. The van der Waals surface area contributed by atoms with Gasteiger partial charge in [-0.05, 0) is 31.6 Å². The number of nitrogens with zero attached hydrogens (tertiary/aromatic N) is 1. The Hall–Kier alpha value is -1.86. The molecule has 118 valence electrons. The van der Waals surface area contributed by atoms with Gasteiger partial charge in [-0.15, -0.1) is 11.3 Å². The van der Waals surface area contributed by atoms with Crippen LogP contribution in [0.5, 0.6) is 0 Å². The summed E-state index contributed by atoms with van der Waals surface area (Å²) < 4.78 is 26.5. The standard InChI is InChI=1S/C15H17F2N3OS/c1-18-6-2-3-14(21)20-15-19-9-12(22-15)7-10-4-5-11(16)8-13(10)17/h4-5,8-9,18H,2-3,6-7H2,1H3,(H,19,20,21). The van der Waals surface area contributed by atoms with Crippen LogP contribution >= 0.6 is 11.3 Å². The van der Waals surface area contributed by atoms with Crippen LogP contribution in [-0.2, 0) is 11.2 Å². The lowest BCUT2D eigenvalue weighted by molar-refractivity contribution is -0.116. The van der Waals surface area contributed by atoms with Crippen molar-refractivity contribution in [3.63, 3.8) is 0 Å². The van der Waals surface area contributed by atoms with E-state index in [1.807, 2.05) is 7.05 Å². The Bertz CT molecular complexity index is 645. The van der Waals surface area contributed by atoms with Crippen molar-refractivity contribution in [3.8, 4) is 0 Å². The molecule has 0 bridgehead atoms. The average molecular weight is 325 g/mol. The van der Waals surface area contributed by atoms with Crippen LogP contribution in [0.1, 0.15) is 23.3 Å². The number of amides is 1. The number of hydrogen-bond acceptors (Lipinski definition) is 4. The Morgan fingerprint density at radius 3 is 2.91 bits per heavy atom. The van der Waals surface area contributed by atoms with Gasteiger partial charge >= 0.3 is 0 Å². The topological polar surface area (TPSA) is 54.0 Å². The highest BCUT2D eigenvalue weighted by Crippen LogP contribution is 2.22. The monoisotopic (exact) mass is 325 g/mol. The van der Waals surface area contributed by atoms with Crippen LogP contribution in [0.2, 0.25) is 0 Å². The number of nitrogens with one attached hydrogen (secondary N) is 2. The van der Waals surface area contributed by atoms with Crippen molar-refractivity contribution in [3.05, 3.63) is 46.5 Å². The minimum atomic E-state index is -0.597. The van der Waals surface area contributed by atoms with Crippen molar-refractivity contribution >= 4 is 22.4 Å². The largest absolute Gasteiger partial charge is 0.320 e. The molecule has 1 amide bonds. The van der Waals surface area contributed by atoms with Crippen molar-refractivity contribution in [1.82, 2.24) is 10.3 Å². The number of carbonyl (C=O) groups is 1. The van der Waals surface area contributed by atoms with Crippen LogP contribution in [0.4, 0.5) is 13.9 Å². The zero-order valence-electron chi connectivity index (χ0n) is 12.2. The Morgan fingerprint density at radius 2 is 2.18 bits per heavy atom. The molecule has 0 aliphatic rings. The zero-order valence-corrected chi connectivity index (χ0v) is 13.0. The second-order valence-corrected chi connectivity index (χ2v) is 5.91. The molecule has 1 aromatic carbocycles. The van der Waals surface area contributed by atoms with Crippen LogP contribution < -0.4 is 10.6 Å². The number of hydrogen-bond donors (Lipinski definition) is 2. The molecule has 0 atom stereocenters. The normalized spacial score (nSPS) is 10.7. The van der Waals surface area contributed by atoms with Gasteiger partial charge in [0.05, 0.1) is 0 Å². The van der Waals surface area contributed by atoms with Crippen LogP contribution in [0.3, 0.4) is 0 Å². The summed E-state index contributed by atoms with van der Waals surface area (Å²) in [5, 5.41) is 6.18. The van der Waals surface area contributed by atoms with Gasteiger partial charge in [0.25, 0.3) is 0 Å². The molecule has 0 spiro atoms. The fourth-order valence-electron chi connectivity index (χ4n) is 1.91. The predicted octanol–water partition coefficient (Wildman–Crippen LogP) is 2.95. The smallest absolute Gasteiger partial charge is 0.226 e. The van der Waals surface area contributed by atoms with Gasteiger partial charge in [-0.3, -0.25) is 4.79 Å². The van der Waals surface area contributed by atoms with Gasteiger partial charge in [0, 0.05) is 30.0 Å². The molecule has 0 aliphatic carbocycles. The van der Waals surface area contributed by atoms with Crippen molar-refractivity contribution in [2.75, 3.05) is 18.9 Å². The quantitative estimate of drug-likeness (QED) is 0.770.